The summed E-state index contributed by atoms with van der Waals surface area (Å²) in [6, 6.07) is 14.3. The molecule has 2 aromatic rings. The molecule has 3 amide bonds. The van der Waals surface area contributed by atoms with Crippen molar-refractivity contribution in [2.24, 2.45) is 0 Å². The second kappa shape index (κ2) is 7.33. The number of nitrogens with one attached hydrogen (secondary N) is 2. The Bertz CT molecular complexity index is 810. The summed E-state index contributed by atoms with van der Waals surface area (Å²) < 4.78 is 0. The van der Waals surface area contributed by atoms with Gasteiger partial charge in [-0.15, -0.1) is 0 Å². The topological polar surface area (TPSA) is 64.7 Å². The molecule has 0 atom stereocenters. The maximum atomic E-state index is 12.5. The van der Waals surface area contributed by atoms with E-state index in [0.29, 0.717) is 25.7 Å². The van der Waals surface area contributed by atoms with Crippen molar-refractivity contribution < 1.29 is 9.59 Å². The van der Waals surface area contributed by atoms with Gasteiger partial charge >= 0.3 is 6.03 Å². The highest BCUT2D eigenvalue weighted by atomic mass is 16.2. The SMILES string of the molecule is O=C(CN1CCN(C(=O)Nc2ccc3ccccc3c2)CC1)NC1CC1. The van der Waals surface area contributed by atoms with Gasteiger partial charge in [-0.1, -0.05) is 30.3 Å². The van der Waals surface area contributed by atoms with E-state index >= 15 is 0 Å². The third kappa shape index (κ3) is 4.14. The summed E-state index contributed by atoms with van der Waals surface area (Å²) in [4.78, 5) is 28.3. The van der Waals surface area contributed by atoms with E-state index < -0.39 is 0 Å². The van der Waals surface area contributed by atoms with Crippen LogP contribution in [0.4, 0.5) is 10.5 Å². The molecule has 6 nitrogen and oxygen atoms in total. The van der Waals surface area contributed by atoms with E-state index in [1.165, 1.54) is 0 Å². The second-order valence-electron chi connectivity index (χ2n) is 7.10. The number of carbonyl (C=O) groups is 2. The number of anilines is 1. The number of hydrogen-bond acceptors (Lipinski definition) is 3. The fraction of sp³-hybridized carbons (Fsp3) is 0.400. The highest BCUT2D eigenvalue weighted by Crippen LogP contribution is 2.20. The molecule has 136 valence electrons. The lowest BCUT2D eigenvalue weighted by molar-refractivity contribution is -0.122. The number of amides is 3. The molecule has 0 spiro atoms. The zero-order chi connectivity index (χ0) is 17.9. The minimum atomic E-state index is -0.0811. The van der Waals surface area contributed by atoms with Gasteiger partial charge in [-0.05, 0) is 35.7 Å². The van der Waals surface area contributed by atoms with Crippen LogP contribution in [0.2, 0.25) is 0 Å². The first-order valence-electron chi connectivity index (χ1n) is 9.24. The number of piperazine rings is 1. The zero-order valence-electron chi connectivity index (χ0n) is 14.8. The van der Waals surface area contributed by atoms with Gasteiger partial charge < -0.3 is 15.5 Å². The van der Waals surface area contributed by atoms with Crippen molar-refractivity contribution in [2.75, 3.05) is 38.0 Å². The summed E-state index contributed by atoms with van der Waals surface area (Å²) in [6.07, 6.45) is 2.21. The van der Waals surface area contributed by atoms with Gasteiger partial charge in [0.1, 0.15) is 0 Å². The minimum absolute atomic E-state index is 0.0811. The Morgan fingerprint density at radius 2 is 1.69 bits per heavy atom. The third-order valence-corrected chi connectivity index (χ3v) is 4.97. The lowest BCUT2D eigenvalue weighted by atomic mass is 10.1. The van der Waals surface area contributed by atoms with Crippen LogP contribution in [0.1, 0.15) is 12.8 Å². The normalized spacial score (nSPS) is 17.9. The first-order valence-corrected chi connectivity index (χ1v) is 9.24. The molecular weight excluding hydrogens is 328 g/mol. The summed E-state index contributed by atoms with van der Waals surface area (Å²) in [5.74, 6) is 0.0987. The predicted molar refractivity (Wildman–Crippen MR) is 102 cm³/mol. The molecule has 2 aliphatic rings. The predicted octanol–water partition coefficient (Wildman–Crippen LogP) is 2.27. The lowest BCUT2D eigenvalue weighted by Gasteiger charge is -2.34. The smallest absolute Gasteiger partial charge is 0.321 e. The molecule has 2 fully saturated rings. The largest absolute Gasteiger partial charge is 0.352 e. The Labute approximate surface area is 153 Å². The van der Waals surface area contributed by atoms with E-state index in [0.717, 1.165) is 42.4 Å². The molecule has 0 unspecified atom stereocenters. The van der Waals surface area contributed by atoms with Gasteiger partial charge in [0.2, 0.25) is 5.91 Å². The quantitative estimate of drug-likeness (QED) is 0.887. The number of nitrogens with zero attached hydrogens (tertiary/aromatic N) is 2. The van der Waals surface area contributed by atoms with Gasteiger partial charge in [0, 0.05) is 37.9 Å². The fourth-order valence-electron chi connectivity index (χ4n) is 3.28. The van der Waals surface area contributed by atoms with Crippen molar-refractivity contribution in [1.82, 2.24) is 15.1 Å². The maximum absolute atomic E-state index is 12.5. The van der Waals surface area contributed by atoms with Gasteiger partial charge in [0.25, 0.3) is 0 Å². The lowest BCUT2D eigenvalue weighted by Crippen LogP contribution is -2.52. The molecule has 1 heterocycles. The molecule has 1 aliphatic heterocycles. The summed E-state index contributed by atoms with van der Waals surface area (Å²) in [5, 5.41) is 8.26. The van der Waals surface area contributed by atoms with Crippen LogP contribution in [0.15, 0.2) is 42.5 Å². The number of hydrogen-bond donors (Lipinski definition) is 2. The van der Waals surface area contributed by atoms with Gasteiger partial charge in [0.05, 0.1) is 6.54 Å². The highest BCUT2D eigenvalue weighted by molar-refractivity contribution is 5.93. The van der Waals surface area contributed by atoms with E-state index in [-0.39, 0.29) is 11.9 Å². The Morgan fingerprint density at radius 1 is 0.962 bits per heavy atom. The summed E-state index contributed by atoms with van der Waals surface area (Å²) in [6.45, 7) is 3.15. The van der Waals surface area contributed by atoms with E-state index in [4.69, 9.17) is 0 Å². The van der Waals surface area contributed by atoms with Crippen molar-refractivity contribution in [3.05, 3.63) is 42.5 Å². The van der Waals surface area contributed by atoms with Crippen LogP contribution in [0, 0.1) is 0 Å². The molecule has 2 N–H and O–H groups in total. The number of rotatable bonds is 4. The standard InChI is InChI=1S/C20H24N4O2/c25-19(21-17-7-8-17)14-23-9-11-24(12-10-23)20(26)22-18-6-5-15-3-1-2-4-16(15)13-18/h1-6,13,17H,7-12,14H2,(H,21,25)(H,22,26). The van der Waals surface area contributed by atoms with Crippen molar-refractivity contribution in [2.45, 2.75) is 18.9 Å². The number of fused-ring (bicyclic) bond motifs is 1. The minimum Gasteiger partial charge on any atom is -0.352 e. The Balaban J connectivity index is 1.28. The Kier molecular flexibility index (Phi) is 4.75. The van der Waals surface area contributed by atoms with Crippen molar-refractivity contribution in [3.63, 3.8) is 0 Å². The van der Waals surface area contributed by atoms with Crippen LogP contribution in [-0.4, -0.2) is 60.5 Å². The second-order valence-corrected chi connectivity index (χ2v) is 7.10. The van der Waals surface area contributed by atoms with Crippen LogP contribution in [-0.2, 0) is 4.79 Å². The van der Waals surface area contributed by atoms with Gasteiger partial charge in [0.15, 0.2) is 0 Å². The molecule has 2 aromatic carbocycles. The third-order valence-electron chi connectivity index (χ3n) is 4.97. The van der Waals surface area contributed by atoms with Gasteiger partial charge in [-0.25, -0.2) is 4.79 Å². The number of carbonyl (C=O) groups excluding carboxylic acids is 2. The van der Waals surface area contributed by atoms with E-state index in [1.54, 1.807) is 0 Å². The van der Waals surface area contributed by atoms with Crippen LogP contribution >= 0.6 is 0 Å². The molecular formula is C20H24N4O2. The van der Waals surface area contributed by atoms with Crippen LogP contribution < -0.4 is 10.6 Å². The van der Waals surface area contributed by atoms with E-state index in [2.05, 4.69) is 21.6 Å². The molecule has 1 saturated heterocycles. The average molecular weight is 352 g/mol. The molecule has 0 bridgehead atoms. The molecule has 0 aromatic heterocycles. The van der Waals surface area contributed by atoms with Crippen molar-refractivity contribution >= 4 is 28.4 Å². The molecule has 4 rings (SSSR count). The van der Waals surface area contributed by atoms with Crippen molar-refractivity contribution in [3.8, 4) is 0 Å². The summed E-state index contributed by atoms with van der Waals surface area (Å²) in [7, 11) is 0. The average Bonchev–Trinajstić information content (AvgIpc) is 3.46. The fourth-order valence-corrected chi connectivity index (χ4v) is 3.28. The molecule has 1 saturated carbocycles. The van der Waals surface area contributed by atoms with E-state index in [9.17, 15) is 9.59 Å². The first-order chi connectivity index (χ1) is 12.7. The number of urea groups is 1. The van der Waals surface area contributed by atoms with Gasteiger partial charge in [-0.3, -0.25) is 9.69 Å². The Morgan fingerprint density at radius 3 is 2.42 bits per heavy atom. The summed E-state index contributed by atoms with van der Waals surface area (Å²) in [5.41, 5.74) is 0.806. The monoisotopic (exact) mass is 352 g/mol. The van der Waals surface area contributed by atoms with Crippen LogP contribution in [0.25, 0.3) is 10.8 Å². The molecule has 26 heavy (non-hydrogen) atoms. The summed E-state index contributed by atoms with van der Waals surface area (Å²) >= 11 is 0. The van der Waals surface area contributed by atoms with Crippen molar-refractivity contribution in [1.29, 1.82) is 0 Å². The van der Waals surface area contributed by atoms with Gasteiger partial charge in [-0.2, -0.15) is 0 Å². The first kappa shape index (κ1) is 16.8. The highest BCUT2D eigenvalue weighted by Gasteiger charge is 2.26. The molecule has 6 heteroatoms. The van der Waals surface area contributed by atoms with Crippen LogP contribution in [0.5, 0.6) is 0 Å². The zero-order valence-corrected chi connectivity index (χ0v) is 14.8. The molecule has 1 aliphatic carbocycles. The van der Waals surface area contributed by atoms with Crippen LogP contribution in [0.3, 0.4) is 0 Å². The molecule has 0 radical (unpaired) electrons. The Hall–Kier alpha value is -2.60. The van der Waals surface area contributed by atoms with E-state index in [1.807, 2.05) is 41.3 Å². The number of benzene rings is 2. The maximum Gasteiger partial charge on any atom is 0.321 e.